The summed E-state index contributed by atoms with van der Waals surface area (Å²) in [6.45, 7) is 2.84. The van der Waals surface area contributed by atoms with Crippen molar-refractivity contribution in [1.29, 1.82) is 0 Å². The van der Waals surface area contributed by atoms with Crippen LogP contribution in [-0.4, -0.2) is 72.5 Å². The molecule has 0 radical (unpaired) electrons. The molecule has 0 fully saturated rings. The predicted octanol–water partition coefficient (Wildman–Crippen LogP) is -0.817. The zero-order chi connectivity index (χ0) is 13.6. The molecule has 0 aromatic heterocycles. The summed E-state index contributed by atoms with van der Waals surface area (Å²) in [6.07, 6.45) is -0.725. The van der Waals surface area contributed by atoms with E-state index in [4.69, 9.17) is 24.7 Å². The molecule has 0 rings (SSSR count). The van der Waals surface area contributed by atoms with Crippen LogP contribution in [0.2, 0.25) is 0 Å². The average molecular weight is 265 g/mol. The molecule has 0 aliphatic heterocycles. The van der Waals surface area contributed by atoms with Gasteiger partial charge in [0.1, 0.15) is 0 Å². The molecule has 0 amide bonds. The summed E-state index contributed by atoms with van der Waals surface area (Å²) in [6, 6.07) is 0. The minimum Gasteiger partial charge on any atom is -0.467 e. The molecule has 0 aromatic carbocycles. The largest absolute Gasteiger partial charge is 0.467 e. The van der Waals surface area contributed by atoms with Gasteiger partial charge in [0.05, 0.1) is 46.8 Å². The SMILES string of the molecule is COCCOCCOCCOC(CN)C(=O)OC. The van der Waals surface area contributed by atoms with Gasteiger partial charge in [-0.3, -0.25) is 0 Å². The topological polar surface area (TPSA) is 89.2 Å². The van der Waals surface area contributed by atoms with Crippen LogP contribution in [0.25, 0.3) is 0 Å². The molecule has 18 heavy (non-hydrogen) atoms. The van der Waals surface area contributed by atoms with Gasteiger partial charge in [0.25, 0.3) is 0 Å². The molecule has 0 spiro atoms. The van der Waals surface area contributed by atoms with Crippen LogP contribution in [-0.2, 0) is 28.5 Å². The maximum atomic E-state index is 11.1. The number of rotatable bonds is 12. The van der Waals surface area contributed by atoms with Crippen LogP contribution in [0.15, 0.2) is 0 Å². The zero-order valence-electron chi connectivity index (χ0n) is 11.1. The molecule has 0 aliphatic carbocycles. The molecule has 1 atom stereocenters. The Morgan fingerprint density at radius 2 is 1.56 bits per heavy atom. The molecule has 7 nitrogen and oxygen atoms in total. The summed E-state index contributed by atoms with van der Waals surface area (Å²) in [4.78, 5) is 11.1. The standard InChI is InChI=1S/C11H23NO6/c1-14-3-4-16-5-6-17-7-8-18-10(9-12)11(13)15-2/h10H,3-9,12H2,1-2H3. The Hall–Kier alpha value is -0.730. The highest BCUT2D eigenvalue weighted by Crippen LogP contribution is 1.93. The minimum atomic E-state index is -0.725. The van der Waals surface area contributed by atoms with Crippen molar-refractivity contribution in [1.82, 2.24) is 0 Å². The first-order chi connectivity index (χ1) is 8.76. The molecule has 0 aromatic rings. The fraction of sp³-hybridized carbons (Fsp3) is 0.909. The maximum absolute atomic E-state index is 11.1. The van der Waals surface area contributed by atoms with E-state index in [1.54, 1.807) is 7.11 Å². The van der Waals surface area contributed by atoms with E-state index in [2.05, 4.69) is 4.74 Å². The summed E-state index contributed by atoms with van der Waals surface area (Å²) >= 11 is 0. The van der Waals surface area contributed by atoms with Crippen molar-refractivity contribution in [3.63, 3.8) is 0 Å². The molecule has 0 saturated heterocycles. The molecule has 0 heterocycles. The maximum Gasteiger partial charge on any atom is 0.336 e. The summed E-state index contributed by atoms with van der Waals surface area (Å²) in [5, 5.41) is 0. The van der Waals surface area contributed by atoms with E-state index in [-0.39, 0.29) is 13.2 Å². The molecule has 1 unspecified atom stereocenters. The van der Waals surface area contributed by atoms with Gasteiger partial charge in [-0.25, -0.2) is 4.79 Å². The molecular weight excluding hydrogens is 242 g/mol. The second-order valence-corrected chi connectivity index (χ2v) is 3.34. The summed E-state index contributed by atoms with van der Waals surface area (Å²) in [7, 11) is 2.91. The molecular formula is C11H23NO6. The van der Waals surface area contributed by atoms with E-state index < -0.39 is 12.1 Å². The second-order valence-electron chi connectivity index (χ2n) is 3.34. The Balaban J connectivity index is 3.31. The Morgan fingerprint density at radius 3 is 2.06 bits per heavy atom. The Morgan fingerprint density at radius 1 is 1.00 bits per heavy atom. The number of nitrogens with two attached hydrogens (primary N) is 1. The van der Waals surface area contributed by atoms with Crippen LogP contribution in [0, 0.1) is 0 Å². The van der Waals surface area contributed by atoms with Gasteiger partial charge < -0.3 is 29.4 Å². The molecule has 108 valence electrons. The van der Waals surface area contributed by atoms with Crippen LogP contribution in [0.1, 0.15) is 0 Å². The summed E-state index contributed by atoms with van der Waals surface area (Å²) < 4.78 is 25.0. The number of esters is 1. The Bertz CT molecular complexity index is 202. The lowest BCUT2D eigenvalue weighted by Gasteiger charge is -2.13. The lowest BCUT2D eigenvalue weighted by molar-refractivity contribution is -0.154. The van der Waals surface area contributed by atoms with Crippen molar-refractivity contribution < 1.29 is 28.5 Å². The Kier molecular flexibility index (Phi) is 12.2. The van der Waals surface area contributed by atoms with E-state index in [0.29, 0.717) is 33.0 Å². The second kappa shape index (κ2) is 12.7. The third-order valence-corrected chi connectivity index (χ3v) is 2.03. The first-order valence-electron chi connectivity index (χ1n) is 5.80. The van der Waals surface area contributed by atoms with Gasteiger partial charge in [0, 0.05) is 13.7 Å². The number of ether oxygens (including phenoxy) is 5. The van der Waals surface area contributed by atoms with E-state index >= 15 is 0 Å². The average Bonchev–Trinajstić information content (AvgIpc) is 2.40. The minimum absolute atomic E-state index is 0.0901. The quantitative estimate of drug-likeness (QED) is 0.364. The van der Waals surface area contributed by atoms with Crippen molar-refractivity contribution >= 4 is 5.97 Å². The first-order valence-corrected chi connectivity index (χ1v) is 5.80. The van der Waals surface area contributed by atoms with E-state index in [1.807, 2.05) is 0 Å². The number of hydrogen-bond donors (Lipinski definition) is 1. The fourth-order valence-corrected chi connectivity index (χ4v) is 1.08. The van der Waals surface area contributed by atoms with Gasteiger partial charge in [0.15, 0.2) is 6.10 Å². The number of methoxy groups -OCH3 is 2. The molecule has 7 heteroatoms. The van der Waals surface area contributed by atoms with Crippen molar-refractivity contribution in [2.45, 2.75) is 6.10 Å². The third-order valence-electron chi connectivity index (χ3n) is 2.03. The highest BCUT2D eigenvalue weighted by atomic mass is 16.6. The molecule has 0 saturated carbocycles. The van der Waals surface area contributed by atoms with Crippen LogP contribution in [0.4, 0.5) is 0 Å². The van der Waals surface area contributed by atoms with Crippen LogP contribution in [0.5, 0.6) is 0 Å². The van der Waals surface area contributed by atoms with Crippen LogP contribution >= 0.6 is 0 Å². The van der Waals surface area contributed by atoms with Crippen LogP contribution in [0.3, 0.4) is 0 Å². The predicted molar refractivity (Wildman–Crippen MR) is 64.3 cm³/mol. The smallest absolute Gasteiger partial charge is 0.336 e. The lowest BCUT2D eigenvalue weighted by atomic mass is 10.3. The van der Waals surface area contributed by atoms with Gasteiger partial charge in [0.2, 0.25) is 0 Å². The normalized spacial score (nSPS) is 12.4. The van der Waals surface area contributed by atoms with Crippen molar-refractivity contribution in [3.8, 4) is 0 Å². The van der Waals surface area contributed by atoms with E-state index in [1.165, 1.54) is 7.11 Å². The third kappa shape index (κ3) is 9.32. The molecule has 0 aliphatic rings. The lowest BCUT2D eigenvalue weighted by Crippen LogP contribution is -2.34. The highest BCUT2D eigenvalue weighted by Gasteiger charge is 2.17. The fourth-order valence-electron chi connectivity index (χ4n) is 1.08. The summed E-state index contributed by atoms with van der Waals surface area (Å²) in [5.74, 6) is -0.472. The number of carbonyl (C=O) groups excluding carboxylic acids is 1. The molecule has 0 bridgehead atoms. The zero-order valence-corrected chi connectivity index (χ0v) is 11.1. The van der Waals surface area contributed by atoms with Gasteiger partial charge in [-0.15, -0.1) is 0 Å². The van der Waals surface area contributed by atoms with Gasteiger partial charge >= 0.3 is 5.97 Å². The Labute approximate surface area is 107 Å². The van der Waals surface area contributed by atoms with Crippen molar-refractivity contribution in [3.05, 3.63) is 0 Å². The highest BCUT2D eigenvalue weighted by molar-refractivity contribution is 5.74. The van der Waals surface area contributed by atoms with Gasteiger partial charge in [-0.05, 0) is 0 Å². The number of carbonyl (C=O) groups is 1. The van der Waals surface area contributed by atoms with Gasteiger partial charge in [-0.2, -0.15) is 0 Å². The first kappa shape index (κ1) is 17.3. The van der Waals surface area contributed by atoms with E-state index in [0.717, 1.165) is 0 Å². The van der Waals surface area contributed by atoms with Crippen molar-refractivity contribution in [2.24, 2.45) is 5.73 Å². The number of hydrogen-bond acceptors (Lipinski definition) is 7. The van der Waals surface area contributed by atoms with Crippen molar-refractivity contribution in [2.75, 3.05) is 60.4 Å². The van der Waals surface area contributed by atoms with Crippen LogP contribution < -0.4 is 5.73 Å². The van der Waals surface area contributed by atoms with Gasteiger partial charge in [-0.1, -0.05) is 0 Å². The monoisotopic (exact) mass is 265 g/mol. The summed E-state index contributed by atoms with van der Waals surface area (Å²) in [5.41, 5.74) is 5.36. The molecule has 2 N–H and O–H groups in total. The van der Waals surface area contributed by atoms with E-state index in [9.17, 15) is 4.79 Å².